The quantitative estimate of drug-likeness (QED) is 0.533. The first kappa shape index (κ1) is 9.83. The number of carbonyl (C=O) groups excluding carboxylic acids is 1. The molecule has 0 radical (unpaired) electrons. The molecule has 72 valence electrons. The van der Waals surface area contributed by atoms with E-state index in [2.05, 4.69) is 15.5 Å². The van der Waals surface area contributed by atoms with Gasteiger partial charge in [0.05, 0.1) is 0 Å². The smallest absolute Gasteiger partial charge is 0.318 e. The van der Waals surface area contributed by atoms with Crippen LogP contribution in [0.1, 0.15) is 0 Å². The summed E-state index contributed by atoms with van der Waals surface area (Å²) in [7, 11) is -3.86. The van der Waals surface area contributed by atoms with Gasteiger partial charge in [0.25, 0.3) is 10.0 Å². The lowest BCUT2D eigenvalue weighted by Crippen LogP contribution is -2.19. The number of nitrogens with two attached hydrogens (primary N) is 2. The average molecular weight is 223 g/mol. The third-order valence-corrected chi connectivity index (χ3v) is 3.03. The van der Waals surface area contributed by atoms with Gasteiger partial charge >= 0.3 is 6.03 Å². The van der Waals surface area contributed by atoms with E-state index < -0.39 is 16.1 Å². The highest BCUT2D eigenvalue weighted by molar-refractivity contribution is 7.91. The molecular weight excluding hydrogens is 218 g/mol. The first-order valence-electron chi connectivity index (χ1n) is 2.82. The van der Waals surface area contributed by atoms with Crippen molar-refractivity contribution in [2.75, 3.05) is 5.32 Å². The Hall–Kier alpha value is -1.26. The monoisotopic (exact) mass is 223 g/mol. The molecule has 0 atom stereocenters. The van der Waals surface area contributed by atoms with Crippen LogP contribution in [-0.4, -0.2) is 24.6 Å². The molecule has 0 aliphatic heterocycles. The lowest BCUT2D eigenvalue weighted by molar-refractivity contribution is 0.259. The normalized spacial score (nSPS) is 11.2. The summed E-state index contributed by atoms with van der Waals surface area (Å²) < 4.78 is 21.0. The molecule has 0 fully saturated rings. The van der Waals surface area contributed by atoms with Crippen molar-refractivity contribution in [1.82, 2.24) is 10.2 Å². The Bertz CT molecular complexity index is 422. The first-order valence-corrected chi connectivity index (χ1v) is 5.18. The van der Waals surface area contributed by atoms with Gasteiger partial charge in [0.15, 0.2) is 0 Å². The Morgan fingerprint density at radius 2 is 2.08 bits per heavy atom. The van der Waals surface area contributed by atoms with Crippen LogP contribution in [0.5, 0.6) is 0 Å². The second-order valence-corrected chi connectivity index (χ2v) is 4.62. The van der Waals surface area contributed by atoms with Crippen LogP contribution in [0.3, 0.4) is 0 Å². The third kappa shape index (κ3) is 2.61. The van der Waals surface area contributed by atoms with E-state index >= 15 is 0 Å². The van der Waals surface area contributed by atoms with Gasteiger partial charge in [-0.3, -0.25) is 5.32 Å². The summed E-state index contributed by atoms with van der Waals surface area (Å²) in [6, 6.07) is -0.850. The lowest BCUT2D eigenvalue weighted by atomic mass is 11.0. The summed E-state index contributed by atoms with van der Waals surface area (Å²) in [5.74, 6) is 0. The highest BCUT2D eigenvalue weighted by atomic mass is 32.2. The molecule has 8 nitrogen and oxygen atoms in total. The van der Waals surface area contributed by atoms with Crippen molar-refractivity contribution in [2.45, 2.75) is 4.34 Å². The maximum absolute atomic E-state index is 10.7. The fraction of sp³-hybridized carbons (Fsp3) is 0. The van der Waals surface area contributed by atoms with E-state index in [1.165, 1.54) is 0 Å². The van der Waals surface area contributed by atoms with Gasteiger partial charge in [-0.15, -0.1) is 10.2 Å². The molecule has 0 bridgehead atoms. The number of anilines is 1. The van der Waals surface area contributed by atoms with Crippen molar-refractivity contribution in [1.29, 1.82) is 0 Å². The van der Waals surface area contributed by atoms with Crippen LogP contribution in [0.25, 0.3) is 0 Å². The van der Waals surface area contributed by atoms with E-state index in [-0.39, 0.29) is 9.47 Å². The van der Waals surface area contributed by atoms with E-state index in [4.69, 9.17) is 10.9 Å². The van der Waals surface area contributed by atoms with Crippen molar-refractivity contribution in [3.63, 3.8) is 0 Å². The maximum Gasteiger partial charge on any atom is 0.318 e. The molecule has 1 heterocycles. The van der Waals surface area contributed by atoms with E-state index in [9.17, 15) is 13.2 Å². The summed E-state index contributed by atoms with van der Waals surface area (Å²) in [5, 5.41) is 13.3. The number of hydrogen-bond donors (Lipinski definition) is 3. The Kier molecular flexibility index (Phi) is 2.45. The lowest BCUT2D eigenvalue weighted by Gasteiger charge is -1.90. The van der Waals surface area contributed by atoms with Crippen molar-refractivity contribution in [2.24, 2.45) is 10.9 Å². The van der Waals surface area contributed by atoms with Gasteiger partial charge in [0, 0.05) is 0 Å². The topological polar surface area (TPSA) is 141 Å². The van der Waals surface area contributed by atoms with Crippen LogP contribution in [0.2, 0.25) is 0 Å². The van der Waals surface area contributed by atoms with Gasteiger partial charge in [-0.05, 0) is 0 Å². The Morgan fingerprint density at radius 1 is 1.46 bits per heavy atom. The number of aromatic nitrogens is 2. The first-order chi connectivity index (χ1) is 5.89. The molecule has 0 unspecified atom stereocenters. The fourth-order valence-electron chi connectivity index (χ4n) is 0.481. The molecule has 1 aromatic rings. The Morgan fingerprint density at radius 3 is 2.46 bits per heavy atom. The zero-order valence-corrected chi connectivity index (χ0v) is 7.72. The molecule has 1 aromatic heterocycles. The minimum absolute atomic E-state index is 0.0171. The summed E-state index contributed by atoms with van der Waals surface area (Å²) >= 11 is 0.621. The molecule has 0 spiro atoms. The fourth-order valence-corrected chi connectivity index (χ4v) is 1.82. The molecule has 0 aliphatic carbocycles. The number of nitrogens with one attached hydrogen (secondary N) is 1. The number of hydrogen-bond acceptors (Lipinski definition) is 6. The van der Waals surface area contributed by atoms with E-state index in [1.54, 1.807) is 0 Å². The summed E-state index contributed by atoms with van der Waals surface area (Å²) in [4.78, 5) is 10.3. The molecular formula is C3H5N5O3S2. The molecule has 0 aromatic carbocycles. The number of rotatable bonds is 2. The second kappa shape index (κ2) is 3.24. The predicted octanol–water partition coefficient (Wildman–Crippen LogP) is -1.32. The van der Waals surface area contributed by atoms with Crippen LogP contribution >= 0.6 is 11.3 Å². The number of primary sulfonamides is 1. The number of urea groups is 1. The summed E-state index contributed by atoms with van der Waals surface area (Å²) in [5.41, 5.74) is 4.75. The highest BCUT2D eigenvalue weighted by Crippen LogP contribution is 2.17. The number of nitrogens with zero attached hydrogens (tertiary/aromatic N) is 2. The van der Waals surface area contributed by atoms with Crippen LogP contribution < -0.4 is 16.2 Å². The van der Waals surface area contributed by atoms with Crippen LogP contribution in [0.4, 0.5) is 9.93 Å². The summed E-state index contributed by atoms with van der Waals surface area (Å²) in [6.07, 6.45) is 0. The molecule has 13 heavy (non-hydrogen) atoms. The van der Waals surface area contributed by atoms with Crippen molar-refractivity contribution < 1.29 is 13.2 Å². The number of primary amides is 1. The minimum Gasteiger partial charge on any atom is -0.351 e. The van der Waals surface area contributed by atoms with Gasteiger partial charge in [-0.25, -0.2) is 18.4 Å². The van der Waals surface area contributed by atoms with Crippen LogP contribution in [0, 0.1) is 0 Å². The highest BCUT2D eigenvalue weighted by Gasteiger charge is 2.15. The second-order valence-electron chi connectivity index (χ2n) is 1.91. The molecule has 2 amide bonds. The molecule has 0 saturated carbocycles. The zero-order chi connectivity index (χ0) is 10.1. The Labute approximate surface area is 77.0 Å². The number of sulfonamides is 1. The van der Waals surface area contributed by atoms with E-state index in [1.807, 2.05) is 0 Å². The van der Waals surface area contributed by atoms with E-state index in [0.717, 1.165) is 0 Å². The predicted molar refractivity (Wildman–Crippen MR) is 44.5 cm³/mol. The molecule has 0 saturated heterocycles. The molecule has 0 aliphatic rings. The van der Waals surface area contributed by atoms with Crippen LogP contribution in [0.15, 0.2) is 4.34 Å². The SMILES string of the molecule is NC(=O)Nc1nnc(S(N)(=O)=O)s1. The van der Waals surface area contributed by atoms with Crippen molar-refractivity contribution >= 4 is 32.5 Å². The van der Waals surface area contributed by atoms with Crippen molar-refractivity contribution in [3.8, 4) is 0 Å². The van der Waals surface area contributed by atoms with E-state index in [0.29, 0.717) is 11.3 Å². The summed E-state index contributed by atoms with van der Waals surface area (Å²) in [6.45, 7) is 0. The maximum atomic E-state index is 10.7. The van der Waals surface area contributed by atoms with Gasteiger partial charge in [-0.1, -0.05) is 11.3 Å². The average Bonchev–Trinajstić information content (AvgIpc) is 2.32. The molecule has 5 N–H and O–H groups in total. The van der Waals surface area contributed by atoms with Crippen molar-refractivity contribution in [3.05, 3.63) is 0 Å². The van der Waals surface area contributed by atoms with Gasteiger partial charge in [0.2, 0.25) is 9.47 Å². The minimum atomic E-state index is -3.86. The Balaban J connectivity index is 2.94. The van der Waals surface area contributed by atoms with Gasteiger partial charge < -0.3 is 5.73 Å². The van der Waals surface area contributed by atoms with Gasteiger partial charge in [0.1, 0.15) is 0 Å². The number of amides is 2. The molecule has 1 rings (SSSR count). The molecule has 10 heteroatoms. The van der Waals surface area contributed by atoms with Gasteiger partial charge in [-0.2, -0.15) is 0 Å². The zero-order valence-electron chi connectivity index (χ0n) is 6.09. The van der Waals surface area contributed by atoms with Crippen LogP contribution in [-0.2, 0) is 10.0 Å². The third-order valence-electron chi connectivity index (χ3n) is 0.880. The largest absolute Gasteiger partial charge is 0.351 e. The standard InChI is InChI=1S/C3H5N5O3S2/c4-1(9)6-2-7-8-3(12-2)13(5,10)11/h(H2,5,10,11)(H3,4,6,7,9). The number of carbonyl (C=O) groups is 1.